The van der Waals surface area contributed by atoms with Gasteiger partial charge in [0.25, 0.3) is 0 Å². The molecule has 1 aromatic rings. The molecule has 1 saturated heterocycles. The van der Waals surface area contributed by atoms with E-state index in [1.165, 1.54) is 12.1 Å². The lowest BCUT2D eigenvalue weighted by molar-refractivity contribution is -0.274. The molecule has 2 rings (SSSR count). The molecular weight excluding hydrogens is 308 g/mol. The van der Waals surface area contributed by atoms with Gasteiger partial charge in [0.2, 0.25) is 0 Å². The average Bonchev–Trinajstić information content (AvgIpc) is 2.45. The number of nitrogens with zero attached hydrogens (tertiary/aromatic N) is 2. The molecule has 1 N–H and O–H groups in total. The highest BCUT2D eigenvalue weighted by atomic mass is 19.4. The van der Waals surface area contributed by atoms with Crippen LogP contribution in [0.4, 0.5) is 13.2 Å². The second-order valence-corrected chi connectivity index (χ2v) is 6.01. The van der Waals surface area contributed by atoms with Crippen LogP contribution in [0.5, 0.6) is 5.75 Å². The molecule has 2 atom stereocenters. The number of ether oxygens (including phenoxy) is 1. The summed E-state index contributed by atoms with van der Waals surface area (Å²) in [5, 5.41) is 9.66. The highest BCUT2D eigenvalue weighted by molar-refractivity contribution is 6.45. The van der Waals surface area contributed by atoms with Crippen molar-refractivity contribution in [3.63, 3.8) is 0 Å². The first kappa shape index (κ1) is 18.1. The van der Waals surface area contributed by atoms with Crippen molar-refractivity contribution in [2.75, 3.05) is 19.6 Å². The average molecular weight is 330 g/mol. The van der Waals surface area contributed by atoms with E-state index in [1.54, 1.807) is 19.0 Å². The van der Waals surface area contributed by atoms with Gasteiger partial charge >= 0.3 is 13.4 Å². The van der Waals surface area contributed by atoms with Gasteiger partial charge in [0.1, 0.15) is 5.75 Å². The molecule has 0 unspecified atom stereocenters. The Kier molecular flexibility index (Phi) is 5.59. The van der Waals surface area contributed by atoms with Crippen molar-refractivity contribution < 1.29 is 22.9 Å². The standard InChI is InChI=1S/C15H22BF3N2O2/c1-11-10-20(16(3)22)8-9-21(11)12(2)13-4-6-14(7-5-13)23-15(17,18)19/h4-7,11-12,22H,8-10H2,1-3H3/t11-,12+/m0/s1. The predicted octanol–water partition coefficient (Wildman–Crippen LogP) is 2.76. The first-order chi connectivity index (χ1) is 10.7. The number of halogens is 3. The fourth-order valence-electron chi connectivity index (χ4n) is 3.05. The zero-order valence-corrected chi connectivity index (χ0v) is 13.5. The molecule has 4 nitrogen and oxygen atoms in total. The Bertz CT molecular complexity index is 510. The van der Waals surface area contributed by atoms with Crippen LogP contribution < -0.4 is 4.74 Å². The summed E-state index contributed by atoms with van der Waals surface area (Å²) < 4.78 is 40.5. The summed E-state index contributed by atoms with van der Waals surface area (Å²) in [7, 11) is -0.464. The monoisotopic (exact) mass is 330 g/mol. The van der Waals surface area contributed by atoms with E-state index in [1.807, 2.05) is 11.7 Å². The fraction of sp³-hybridized carbons (Fsp3) is 0.600. The molecule has 0 aliphatic carbocycles. The van der Waals surface area contributed by atoms with Crippen molar-refractivity contribution >= 4 is 7.05 Å². The van der Waals surface area contributed by atoms with Crippen LogP contribution >= 0.6 is 0 Å². The molecule has 23 heavy (non-hydrogen) atoms. The predicted molar refractivity (Wildman–Crippen MR) is 83.1 cm³/mol. The topological polar surface area (TPSA) is 35.9 Å². The van der Waals surface area contributed by atoms with E-state index in [0.717, 1.165) is 25.2 Å². The van der Waals surface area contributed by atoms with Crippen molar-refractivity contribution in [2.45, 2.75) is 39.1 Å². The third-order valence-corrected chi connectivity index (χ3v) is 4.33. The van der Waals surface area contributed by atoms with Crippen LogP contribution in [-0.2, 0) is 0 Å². The zero-order valence-electron chi connectivity index (χ0n) is 13.5. The van der Waals surface area contributed by atoms with Crippen LogP contribution in [0.3, 0.4) is 0 Å². The molecule has 8 heteroatoms. The Morgan fingerprint density at radius 3 is 2.35 bits per heavy atom. The van der Waals surface area contributed by atoms with Crippen molar-refractivity contribution in [1.29, 1.82) is 0 Å². The number of piperazine rings is 1. The minimum absolute atomic E-state index is 0.0843. The Labute approximate surface area is 135 Å². The fourth-order valence-corrected chi connectivity index (χ4v) is 3.05. The maximum atomic E-state index is 12.2. The van der Waals surface area contributed by atoms with E-state index in [4.69, 9.17) is 0 Å². The highest BCUT2D eigenvalue weighted by Gasteiger charge is 2.32. The second-order valence-electron chi connectivity index (χ2n) is 6.01. The summed E-state index contributed by atoms with van der Waals surface area (Å²) in [5.41, 5.74) is 0.942. The van der Waals surface area contributed by atoms with Gasteiger partial charge in [0.15, 0.2) is 0 Å². The number of alkyl halides is 3. The first-order valence-corrected chi connectivity index (χ1v) is 7.71. The van der Waals surface area contributed by atoms with E-state index >= 15 is 0 Å². The van der Waals surface area contributed by atoms with Gasteiger partial charge in [-0.1, -0.05) is 12.1 Å². The Balaban J connectivity index is 2.01. The number of hydrogen-bond donors (Lipinski definition) is 1. The van der Waals surface area contributed by atoms with Gasteiger partial charge < -0.3 is 14.6 Å². The van der Waals surface area contributed by atoms with Crippen LogP contribution in [-0.4, -0.2) is 53.8 Å². The molecule has 0 radical (unpaired) electrons. The summed E-state index contributed by atoms with van der Waals surface area (Å²) in [6.07, 6.45) is -4.67. The van der Waals surface area contributed by atoms with Crippen LogP contribution in [0.15, 0.2) is 24.3 Å². The lowest BCUT2D eigenvalue weighted by Crippen LogP contribution is -2.56. The van der Waals surface area contributed by atoms with Crippen molar-refractivity contribution in [1.82, 2.24) is 9.71 Å². The van der Waals surface area contributed by atoms with E-state index in [0.29, 0.717) is 0 Å². The van der Waals surface area contributed by atoms with E-state index < -0.39 is 13.4 Å². The second kappa shape index (κ2) is 7.11. The normalized spacial score (nSPS) is 22.0. The van der Waals surface area contributed by atoms with Gasteiger partial charge in [-0.15, -0.1) is 13.2 Å². The first-order valence-electron chi connectivity index (χ1n) is 7.71. The van der Waals surface area contributed by atoms with Gasteiger partial charge in [0.05, 0.1) is 0 Å². The highest BCUT2D eigenvalue weighted by Crippen LogP contribution is 2.28. The molecule has 1 aromatic carbocycles. The van der Waals surface area contributed by atoms with Gasteiger partial charge in [0, 0.05) is 31.7 Å². The molecule has 0 spiro atoms. The van der Waals surface area contributed by atoms with E-state index in [2.05, 4.69) is 16.6 Å². The van der Waals surface area contributed by atoms with Crippen molar-refractivity contribution in [3.8, 4) is 5.75 Å². The maximum Gasteiger partial charge on any atom is 0.573 e. The summed E-state index contributed by atoms with van der Waals surface area (Å²) in [6.45, 7) is 8.21. The molecule has 128 valence electrons. The maximum absolute atomic E-state index is 12.2. The van der Waals surface area contributed by atoms with E-state index in [9.17, 15) is 18.2 Å². The third kappa shape index (κ3) is 4.86. The summed E-state index contributed by atoms with van der Waals surface area (Å²) in [5.74, 6) is -0.208. The number of rotatable bonds is 4. The largest absolute Gasteiger partial charge is 0.573 e. The zero-order chi connectivity index (χ0) is 17.2. The molecule has 0 aromatic heterocycles. The molecule has 1 heterocycles. The van der Waals surface area contributed by atoms with Crippen LogP contribution in [0, 0.1) is 0 Å². The number of benzene rings is 1. The van der Waals surface area contributed by atoms with E-state index in [-0.39, 0.29) is 17.8 Å². The minimum atomic E-state index is -4.67. The van der Waals surface area contributed by atoms with Gasteiger partial charge in [-0.05, 0) is 38.4 Å². The van der Waals surface area contributed by atoms with Crippen molar-refractivity contribution in [3.05, 3.63) is 29.8 Å². The molecule has 0 amide bonds. The van der Waals surface area contributed by atoms with Crippen LogP contribution in [0.1, 0.15) is 25.5 Å². The molecule has 0 saturated carbocycles. The SMILES string of the molecule is CB(O)N1CCN([C@H](C)c2ccc(OC(F)(F)F)cc2)[C@@H](C)C1. The van der Waals surface area contributed by atoms with Gasteiger partial charge in [-0.3, -0.25) is 4.90 Å². The minimum Gasteiger partial charge on any atom is -0.437 e. The quantitative estimate of drug-likeness (QED) is 0.862. The van der Waals surface area contributed by atoms with Gasteiger partial charge in [-0.25, -0.2) is 0 Å². The van der Waals surface area contributed by atoms with Crippen LogP contribution in [0.2, 0.25) is 6.82 Å². The molecule has 1 aliphatic rings. The van der Waals surface area contributed by atoms with Crippen molar-refractivity contribution in [2.24, 2.45) is 0 Å². The lowest BCUT2D eigenvalue weighted by Gasteiger charge is -2.43. The van der Waals surface area contributed by atoms with Crippen LogP contribution in [0.25, 0.3) is 0 Å². The molecule has 1 fully saturated rings. The molecule has 0 bridgehead atoms. The number of hydrogen-bond acceptors (Lipinski definition) is 4. The lowest BCUT2D eigenvalue weighted by atomic mass is 9.83. The molecular formula is C15H22BF3N2O2. The van der Waals surface area contributed by atoms with Gasteiger partial charge in [-0.2, -0.15) is 0 Å². The smallest absolute Gasteiger partial charge is 0.437 e. The summed E-state index contributed by atoms with van der Waals surface area (Å²) in [4.78, 5) is 4.30. The third-order valence-electron chi connectivity index (χ3n) is 4.33. The summed E-state index contributed by atoms with van der Waals surface area (Å²) >= 11 is 0. The molecule has 1 aliphatic heterocycles. The Morgan fingerprint density at radius 1 is 1.26 bits per heavy atom. The Hall–Kier alpha value is -1.25. The summed E-state index contributed by atoms with van der Waals surface area (Å²) in [6, 6.07) is 6.35. The Morgan fingerprint density at radius 2 is 1.87 bits per heavy atom.